The summed E-state index contributed by atoms with van der Waals surface area (Å²) < 4.78 is 16.8. The van der Waals surface area contributed by atoms with Crippen LogP contribution in [0.5, 0.6) is 0 Å². The van der Waals surface area contributed by atoms with E-state index in [1.807, 2.05) is 0 Å². The Kier molecular flexibility index (Phi) is 59.6. The highest BCUT2D eigenvalue weighted by molar-refractivity contribution is 5.71. The van der Waals surface area contributed by atoms with Gasteiger partial charge in [0.15, 0.2) is 6.10 Å². The summed E-state index contributed by atoms with van der Waals surface area (Å²) in [4.78, 5) is 37.9. The Bertz CT molecular complexity index is 1060. The van der Waals surface area contributed by atoms with E-state index in [9.17, 15) is 14.4 Å². The average Bonchev–Trinajstić information content (AvgIpc) is 3.37. The van der Waals surface area contributed by atoms with Crippen LogP contribution in [0.25, 0.3) is 0 Å². The number of esters is 3. The summed E-state index contributed by atoms with van der Waals surface area (Å²) in [6.45, 7) is 6.65. The smallest absolute Gasteiger partial charge is 0.306 e. The van der Waals surface area contributed by atoms with Crippen molar-refractivity contribution in [3.05, 3.63) is 0 Å². The molecule has 0 aliphatic rings. The second-order valence-corrected chi connectivity index (χ2v) is 22.4. The molecule has 0 aromatic carbocycles. The molecule has 6 nitrogen and oxygen atoms in total. The number of carbonyl (C=O) groups is 3. The molecule has 0 aromatic rings. The molecule has 6 heteroatoms. The predicted molar refractivity (Wildman–Crippen MR) is 307 cm³/mol. The van der Waals surface area contributed by atoms with E-state index >= 15 is 0 Å². The van der Waals surface area contributed by atoms with Crippen molar-refractivity contribution in [1.29, 1.82) is 0 Å². The van der Waals surface area contributed by atoms with Crippen molar-refractivity contribution in [3.8, 4) is 0 Å². The van der Waals surface area contributed by atoms with Gasteiger partial charge in [0, 0.05) is 19.3 Å². The lowest BCUT2D eigenvalue weighted by molar-refractivity contribution is -0.167. The van der Waals surface area contributed by atoms with E-state index in [0.717, 1.165) is 57.8 Å². The first-order chi connectivity index (χ1) is 35.0. The number of carbonyl (C=O) groups excluding carboxylic acids is 3. The lowest BCUT2D eigenvalue weighted by Crippen LogP contribution is -2.30. The van der Waals surface area contributed by atoms with Crippen molar-refractivity contribution in [1.82, 2.24) is 0 Å². The van der Waals surface area contributed by atoms with E-state index in [2.05, 4.69) is 20.8 Å². The predicted octanol–water partition coefficient (Wildman–Crippen LogP) is 21.9. The molecule has 0 aromatic heterocycles. The molecule has 0 spiro atoms. The summed E-state index contributed by atoms with van der Waals surface area (Å²) in [6, 6.07) is 0. The van der Waals surface area contributed by atoms with Gasteiger partial charge in [-0.15, -0.1) is 0 Å². The van der Waals surface area contributed by atoms with E-state index in [1.165, 1.54) is 283 Å². The van der Waals surface area contributed by atoms with E-state index in [0.29, 0.717) is 19.3 Å². The number of ether oxygens (including phenoxy) is 3. The van der Waals surface area contributed by atoms with Crippen LogP contribution in [0.1, 0.15) is 380 Å². The molecule has 0 bridgehead atoms. The molecule has 0 amide bonds. The maximum absolute atomic E-state index is 12.7. The van der Waals surface area contributed by atoms with Gasteiger partial charge in [0.25, 0.3) is 0 Å². The van der Waals surface area contributed by atoms with Crippen LogP contribution in [-0.4, -0.2) is 37.2 Å². The molecule has 0 aliphatic carbocycles. The highest BCUT2D eigenvalue weighted by atomic mass is 16.6. The molecule has 0 aliphatic heterocycles. The maximum atomic E-state index is 12.7. The highest BCUT2D eigenvalue weighted by Gasteiger charge is 2.19. The molecular formula is C65H126O6. The number of rotatable bonds is 61. The molecule has 0 rings (SSSR count). The van der Waals surface area contributed by atoms with E-state index in [1.54, 1.807) is 0 Å². The zero-order valence-electron chi connectivity index (χ0n) is 48.5. The molecule has 0 saturated heterocycles. The third-order valence-electron chi connectivity index (χ3n) is 15.1. The summed E-state index contributed by atoms with van der Waals surface area (Å²) in [5.74, 6) is -0.846. The minimum Gasteiger partial charge on any atom is -0.462 e. The Morgan fingerprint density at radius 2 is 0.380 bits per heavy atom. The molecule has 0 heterocycles. The topological polar surface area (TPSA) is 78.9 Å². The minimum atomic E-state index is -0.759. The number of hydrogen-bond donors (Lipinski definition) is 0. The first-order valence-corrected chi connectivity index (χ1v) is 32.5. The van der Waals surface area contributed by atoms with Crippen LogP contribution < -0.4 is 0 Å². The second-order valence-electron chi connectivity index (χ2n) is 22.4. The zero-order chi connectivity index (χ0) is 51.4. The van der Waals surface area contributed by atoms with Gasteiger partial charge in [-0.2, -0.15) is 0 Å². The van der Waals surface area contributed by atoms with Gasteiger partial charge in [0.1, 0.15) is 13.2 Å². The van der Waals surface area contributed by atoms with Gasteiger partial charge >= 0.3 is 17.9 Å². The van der Waals surface area contributed by atoms with Crippen LogP contribution in [0.15, 0.2) is 0 Å². The molecule has 422 valence electrons. The molecule has 0 fully saturated rings. The molecule has 71 heavy (non-hydrogen) atoms. The number of hydrogen-bond acceptors (Lipinski definition) is 6. The third-order valence-corrected chi connectivity index (χ3v) is 15.1. The SMILES string of the molecule is CCCCCCCCCCCCCCCCCCCCCCCCCCCCCCCCCCCCCC(=O)OCC(COC(=O)CCCCCCCCC)OC(=O)CCCCCCCCCCCCC. The lowest BCUT2D eigenvalue weighted by Gasteiger charge is -2.18. The summed E-state index contributed by atoms with van der Waals surface area (Å²) in [7, 11) is 0. The van der Waals surface area contributed by atoms with Crippen LogP contribution in [0.3, 0.4) is 0 Å². The molecule has 1 unspecified atom stereocenters. The molecule has 0 N–H and O–H groups in total. The van der Waals surface area contributed by atoms with Gasteiger partial charge in [0.2, 0.25) is 0 Å². The van der Waals surface area contributed by atoms with Crippen molar-refractivity contribution in [2.24, 2.45) is 0 Å². The quantitative estimate of drug-likeness (QED) is 0.0343. The van der Waals surface area contributed by atoms with Gasteiger partial charge < -0.3 is 14.2 Å². The standard InChI is InChI=1S/C65H126O6/c1-4-7-10-13-16-18-20-21-22-23-24-25-26-27-28-29-30-31-32-33-34-35-36-37-38-39-40-41-42-43-45-46-49-52-55-58-64(67)70-61-62(60-69-63(66)57-54-51-48-15-12-9-6-3)71-65(68)59-56-53-50-47-44-19-17-14-11-8-5-2/h62H,4-61H2,1-3H3. The summed E-state index contributed by atoms with van der Waals surface area (Å²) in [5.41, 5.74) is 0. The Morgan fingerprint density at radius 1 is 0.225 bits per heavy atom. The second kappa shape index (κ2) is 61.0. The maximum Gasteiger partial charge on any atom is 0.306 e. The Morgan fingerprint density at radius 3 is 0.563 bits per heavy atom. The van der Waals surface area contributed by atoms with Crippen LogP contribution >= 0.6 is 0 Å². The van der Waals surface area contributed by atoms with Crippen LogP contribution in [0.4, 0.5) is 0 Å². The molecular weight excluding hydrogens is 877 g/mol. The van der Waals surface area contributed by atoms with Crippen LogP contribution in [0, 0.1) is 0 Å². The first kappa shape index (κ1) is 69.4. The minimum absolute atomic E-state index is 0.0623. The van der Waals surface area contributed by atoms with E-state index < -0.39 is 6.10 Å². The lowest BCUT2D eigenvalue weighted by atomic mass is 10.0. The first-order valence-electron chi connectivity index (χ1n) is 32.5. The van der Waals surface area contributed by atoms with Gasteiger partial charge in [-0.1, -0.05) is 342 Å². The Hall–Kier alpha value is -1.59. The average molecular weight is 1000 g/mol. The normalized spacial score (nSPS) is 11.9. The monoisotopic (exact) mass is 1000 g/mol. The van der Waals surface area contributed by atoms with Gasteiger partial charge in [0.05, 0.1) is 0 Å². The molecule has 0 radical (unpaired) electrons. The fourth-order valence-electron chi connectivity index (χ4n) is 10.2. The fraction of sp³-hybridized carbons (Fsp3) is 0.954. The molecule has 0 saturated carbocycles. The molecule has 1 atom stereocenters. The summed E-state index contributed by atoms with van der Waals surface area (Å²) in [6.07, 6.45) is 70.4. The number of unbranched alkanes of at least 4 members (excludes halogenated alkanes) is 50. The van der Waals surface area contributed by atoms with E-state index in [-0.39, 0.29) is 31.1 Å². The third kappa shape index (κ3) is 59.2. The van der Waals surface area contributed by atoms with E-state index in [4.69, 9.17) is 14.2 Å². The summed E-state index contributed by atoms with van der Waals surface area (Å²) in [5, 5.41) is 0. The highest BCUT2D eigenvalue weighted by Crippen LogP contribution is 2.19. The summed E-state index contributed by atoms with van der Waals surface area (Å²) >= 11 is 0. The fourth-order valence-corrected chi connectivity index (χ4v) is 10.2. The zero-order valence-corrected chi connectivity index (χ0v) is 48.5. The van der Waals surface area contributed by atoms with Gasteiger partial charge in [-0.3, -0.25) is 14.4 Å². The Labute approximate surface area is 444 Å². The van der Waals surface area contributed by atoms with Crippen molar-refractivity contribution in [3.63, 3.8) is 0 Å². The van der Waals surface area contributed by atoms with Crippen molar-refractivity contribution < 1.29 is 28.6 Å². The van der Waals surface area contributed by atoms with Crippen molar-refractivity contribution in [2.45, 2.75) is 386 Å². The van der Waals surface area contributed by atoms with Crippen molar-refractivity contribution >= 4 is 17.9 Å². The van der Waals surface area contributed by atoms with Gasteiger partial charge in [-0.05, 0) is 19.3 Å². The van der Waals surface area contributed by atoms with Crippen LogP contribution in [-0.2, 0) is 28.6 Å². The van der Waals surface area contributed by atoms with Crippen LogP contribution in [0.2, 0.25) is 0 Å². The van der Waals surface area contributed by atoms with Gasteiger partial charge in [-0.25, -0.2) is 0 Å². The Balaban J connectivity index is 3.80. The largest absolute Gasteiger partial charge is 0.462 e. The van der Waals surface area contributed by atoms with Crippen molar-refractivity contribution in [2.75, 3.05) is 13.2 Å².